The Hall–Kier alpha value is -1.78. The Morgan fingerprint density at radius 3 is 2.54 bits per heavy atom. The maximum atomic E-state index is 13.2. The van der Waals surface area contributed by atoms with E-state index < -0.39 is 11.7 Å². The molecule has 2 rings (SSSR count). The number of aliphatic hydroxyl groups excluding tert-OH is 1. The third-order valence-corrected chi connectivity index (χ3v) is 4.53. The van der Waals surface area contributed by atoms with Gasteiger partial charge in [-0.05, 0) is 44.5 Å². The van der Waals surface area contributed by atoms with Crippen LogP contribution in [0.4, 0.5) is 18.9 Å². The summed E-state index contributed by atoms with van der Waals surface area (Å²) < 4.78 is 39.7. The van der Waals surface area contributed by atoms with Crippen molar-refractivity contribution in [3.8, 4) is 6.07 Å². The number of piperidine rings is 1. The van der Waals surface area contributed by atoms with Crippen molar-refractivity contribution < 1.29 is 18.3 Å². The minimum Gasteiger partial charge on any atom is -0.396 e. The molecule has 1 aliphatic heterocycles. The molecule has 0 unspecified atom stereocenters. The van der Waals surface area contributed by atoms with Gasteiger partial charge in [-0.25, -0.2) is 0 Å². The van der Waals surface area contributed by atoms with Crippen molar-refractivity contribution in [2.45, 2.75) is 31.5 Å². The highest BCUT2D eigenvalue weighted by atomic mass is 19.4. The molecule has 1 aliphatic rings. The van der Waals surface area contributed by atoms with Crippen molar-refractivity contribution >= 4 is 5.69 Å². The highest BCUT2D eigenvalue weighted by molar-refractivity contribution is 5.59. The van der Waals surface area contributed by atoms with E-state index in [2.05, 4.69) is 4.90 Å². The van der Waals surface area contributed by atoms with Gasteiger partial charge < -0.3 is 14.9 Å². The molecule has 1 N–H and O–H groups in total. The molecule has 132 valence electrons. The standard InChI is InChI=1S/C17H22F3N3O/c1-22(7-2-10-24)14-5-8-23(9-6-14)16-11-13(12-21)3-4-15(16)17(18,19)20/h3-4,11,14,24H,2,5-10H2,1H3. The zero-order chi connectivity index (χ0) is 17.7. The third-order valence-electron chi connectivity index (χ3n) is 4.53. The predicted octanol–water partition coefficient (Wildman–Crippen LogP) is 2.86. The quantitative estimate of drug-likeness (QED) is 0.895. The highest BCUT2D eigenvalue weighted by Crippen LogP contribution is 2.38. The van der Waals surface area contributed by atoms with Crippen LogP contribution in [0.15, 0.2) is 18.2 Å². The van der Waals surface area contributed by atoms with Crippen LogP contribution in [0.5, 0.6) is 0 Å². The minimum atomic E-state index is -4.43. The topological polar surface area (TPSA) is 50.5 Å². The van der Waals surface area contributed by atoms with Crippen LogP contribution in [-0.4, -0.2) is 49.3 Å². The summed E-state index contributed by atoms with van der Waals surface area (Å²) in [7, 11) is 1.98. The molecule has 0 saturated carbocycles. The summed E-state index contributed by atoms with van der Waals surface area (Å²) >= 11 is 0. The molecule has 1 heterocycles. The molecule has 4 nitrogen and oxygen atoms in total. The zero-order valence-corrected chi connectivity index (χ0v) is 13.7. The number of aliphatic hydroxyl groups is 1. The second-order valence-electron chi connectivity index (χ2n) is 6.12. The first-order valence-electron chi connectivity index (χ1n) is 8.04. The van der Waals surface area contributed by atoms with Crippen molar-refractivity contribution in [1.29, 1.82) is 5.26 Å². The van der Waals surface area contributed by atoms with E-state index in [0.29, 0.717) is 25.6 Å². The highest BCUT2D eigenvalue weighted by Gasteiger charge is 2.36. The van der Waals surface area contributed by atoms with Gasteiger partial charge in [-0.2, -0.15) is 18.4 Å². The smallest absolute Gasteiger partial charge is 0.396 e. The number of halogens is 3. The summed E-state index contributed by atoms with van der Waals surface area (Å²) in [5.41, 5.74) is -0.355. The Morgan fingerprint density at radius 2 is 2.00 bits per heavy atom. The first-order chi connectivity index (χ1) is 11.4. The van der Waals surface area contributed by atoms with Gasteiger partial charge in [0.15, 0.2) is 0 Å². The second kappa shape index (κ2) is 7.86. The molecule has 1 fully saturated rings. The average Bonchev–Trinajstić information content (AvgIpc) is 2.58. The SMILES string of the molecule is CN(CCCO)C1CCN(c2cc(C#N)ccc2C(F)(F)F)CC1. The Balaban J connectivity index is 2.12. The van der Waals surface area contributed by atoms with Gasteiger partial charge in [-0.3, -0.25) is 0 Å². The fraction of sp³-hybridized carbons (Fsp3) is 0.588. The molecule has 24 heavy (non-hydrogen) atoms. The number of benzene rings is 1. The van der Waals surface area contributed by atoms with E-state index in [1.54, 1.807) is 4.90 Å². The van der Waals surface area contributed by atoms with Crippen LogP contribution >= 0.6 is 0 Å². The number of alkyl halides is 3. The minimum absolute atomic E-state index is 0.0954. The molecule has 0 amide bonds. The predicted molar refractivity (Wildman–Crippen MR) is 85.7 cm³/mol. The van der Waals surface area contributed by atoms with Crippen LogP contribution in [0.1, 0.15) is 30.4 Å². The Kier molecular flexibility index (Phi) is 6.08. The van der Waals surface area contributed by atoms with E-state index in [-0.39, 0.29) is 17.9 Å². The van der Waals surface area contributed by atoms with Crippen LogP contribution in [0, 0.1) is 11.3 Å². The zero-order valence-electron chi connectivity index (χ0n) is 13.7. The Morgan fingerprint density at radius 1 is 1.33 bits per heavy atom. The van der Waals surface area contributed by atoms with E-state index in [1.807, 2.05) is 13.1 Å². The number of hydrogen-bond acceptors (Lipinski definition) is 4. The van der Waals surface area contributed by atoms with E-state index in [1.165, 1.54) is 12.1 Å². The van der Waals surface area contributed by atoms with Gasteiger partial charge in [-0.1, -0.05) is 0 Å². The maximum Gasteiger partial charge on any atom is 0.418 e. The first kappa shape index (κ1) is 18.6. The van der Waals surface area contributed by atoms with E-state index in [0.717, 1.165) is 25.5 Å². The van der Waals surface area contributed by atoms with E-state index >= 15 is 0 Å². The van der Waals surface area contributed by atoms with Crippen molar-refractivity contribution in [3.05, 3.63) is 29.3 Å². The number of anilines is 1. The van der Waals surface area contributed by atoms with Gasteiger partial charge in [0.25, 0.3) is 0 Å². The van der Waals surface area contributed by atoms with Crippen LogP contribution in [-0.2, 0) is 6.18 Å². The van der Waals surface area contributed by atoms with Crippen molar-refractivity contribution in [1.82, 2.24) is 4.90 Å². The lowest BCUT2D eigenvalue weighted by atomic mass is 10.0. The fourth-order valence-corrected chi connectivity index (χ4v) is 3.15. The van der Waals surface area contributed by atoms with Gasteiger partial charge in [0.05, 0.1) is 22.9 Å². The molecule has 1 aromatic carbocycles. The van der Waals surface area contributed by atoms with Crippen molar-refractivity contribution in [3.63, 3.8) is 0 Å². The number of hydrogen-bond donors (Lipinski definition) is 1. The molecule has 0 spiro atoms. The lowest BCUT2D eigenvalue weighted by Crippen LogP contribution is -2.44. The van der Waals surface area contributed by atoms with Crippen LogP contribution in [0.2, 0.25) is 0 Å². The van der Waals surface area contributed by atoms with Gasteiger partial charge >= 0.3 is 6.18 Å². The average molecular weight is 341 g/mol. The largest absolute Gasteiger partial charge is 0.418 e. The molecular formula is C17H22F3N3O. The molecule has 1 saturated heterocycles. The number of nitrogens with zero attached hydrogens (tertiary/aromatic N) is 3. The lowest BCUT2D eigenvalue weighted by Gasteiger charge is -2.38. The molecule has 7 heteroatoms. The van der Waals surface area contributed by atoms with Crippen LogP contribution < -0.4 is 4.90 Å². The van der Waals surface area contributed by atoms with Crippen molar-refractivity contribution in [2.75, 3.05) is 38.2 Å². The summed E-state index contributed by atoms with van der Waals surface area (Å²) in [5.74, 6) is 0. The first-order valence-corrected chi connectivity index (χ1v) is 8.04. The molecule has 0 aliphatic carbocycles. The Bertz CT molecular complexity index is 590. The molecule has 0 aromatic heterocycles. The number of rotatable bonds is 5. The van der Waals surface area contributed by atoms with Gasteiger partial charge in [-0.15, -0.1) is 0 Å². The maximum absolute atomic E-state index is 13.2. The van der Waals surface area contributed by atoms with Crippen LogP contribution in [0.25, 0.3) is 0 Å². The third kappa shape index (κ3) is 4.40. The van der Waals surface area contributed by atoms with E-state index in [4.69, 9.17) is 10.4 Å². The van der Waals surface area contributed by atoms with Crippen LogP contribution in [0.3, 0.4) is 0 Å². The summed E-state index contributed by atoms with van der Waals surface area (Å²) in [6.45, 7) is 1.95. The molecule has 0 atom stereocenters. The van der Waals surface area contributed by atoms with Gasteiger partial charge in [0.1, 0.15) is 0 Å². The fourth-order valence-electron chi connectivity index (χ4n) is 3.15. The summed E-state index contributed by atoms with van der Waals surface area (Å²) in [6.07, 6.45) is -2.22. The molecular weight excluding hydrogens is 319 g/mol. The van der Waals surface area contributed by atoms with E-state index in [9.17, 15) is 13.2 Å². The summed E-state index contributed by atoms with van der Waals surface area (Å²) in [5, 5.41) is 17.9. The summed E-state index contributed by atoms with van der Waals surface area (Å²) in [4.78, 5) is 3.88. The normalized spacial score (nSPS) is 16.5. The monoisotopic (exact) mass is 341 g/mol. The van der Waals surface area contributed by atoms with Gasteiger partial charge in [0, 0.05) is 32.3 Å². The Labute approximate surface area is 140 Å². The van der Waals surface area contributed by atoms with Crippen molar-refractivity contribution in [2.24, 2.45) is 0 Å². The number of nitriles is 1. The molecule has 0 radical (unpaired) electrons. The summed E-state index contributed by atoms with van der Waals surface area (Å²) in [6, 6.07) is 5.75. The molecule has 1 aromatic rings. The van der Waals surface area contributed by atoms with Gasteiger partial charge in [0.2, 0.25) is 0 Å². The molecule has 0 bridgehead atoms. The second-order valence-corrected chi connectivity index (χ2v) is 6.12. The lowest BCUT2D eigenvalue weighted by molar-refractivity contribution is -0.137.